The van der Waals surface area contributed by atoms with Gasteiger partial charge in [-0.3, -0.25) is 14.6 Å². The molecule has 0 radical (unpaired) electrons. The van der Waals surface area contributed by atoms with Crippen molar-refractivity contribution >= 4 is 17.5 Å². The number of piperazine rings is 1. The number of carbonyl (C=O) groups excluding carboxylic acids is 2. The van der Waals surface area contributed by atoms with Gasteiger partial charge in [-0.05, 0) is 51.5 Å². The first-order valence-electron chi connectivity index (χ1n) is 9.61. The SMILES string of the molecule is Cc1cccc(N2CCN(C(=O)c3cncc(C(=O)NC(C)(C)C)c3)CC2)c1. The number of benzene rings is 1. The number of hydrogen-bond acceptors (Lipinski definition) is 4. The van der Waals surface area contributed by atoms with Gasteiger partial charge in [-0.15, -0.1) is 0 Å². The van der Waals surface area contributed by atoms with Gasteiger partial charge in [0.15, 0.2) is 0 Å². The highest BCUT2D eigenvalue weighted by Crippen LogP contribution is 2.19. The molecule has 2 aromatic rings. The third-order valence-electron chi connectivity index (χ3n) is 4.67. The molecule has 0 unspecified atom stereocenters. The summed E-state index contributed by atoms with van der Waals surface area (Å²) < 4.78 is 0. The van der Waals surface area contributed by atoms with E-state index in [1.807, 2.05) is 25.7 Å². The van der Waals surface area contributed by atoms with Crippen LogP contribution in [0.3, 0.4) is 0 Å². The zero-order chi connectivity index (χ0) is 20.3. The zero-order valence-corrected chi connectivity index (χ0v) is 17.0. The van der Waals surface area contributed by atoms with Gasteiger partial charge in [0.2, 0.25) is 0 Å². The Hall–Kier alpha value is -2.89. The van der Waals surface area contributed by atoms with Crippen LogP contribution in [0, 0.1) is 6.92 Å². The summed E-state index contributed by atoms with van der Waals surface area (Å²) in [7, 11) is 0. The summed E-state index contributed by atoms with van der Waals surface area (Å²) in [6.45, 7) is 10.7. The molecule has 3 rings (SSSR count). The quantitative estimate of drug-likeness (QED) is 0.889. The molecule has 1 fully saturated rings. The molecule has 1 aliphatic heterocycles. The van der Waals surface area contributed by atoms with Crippen LogP contribution in [-0.4, -0.2) is 53.4 Å². The number of aryl methyl sites for hydroxylation is 1. The van der Waals surface area contributed by atoms with Gasteiger partial charge in [0, 0.05) is 49.8 Å². The van der Waals surface area contributed by atoms with Crippen LogP contribution in [0.15, 0.2) is 42.7 Å². The predicted octanol–water partition coefficient (Wildman–Crippen LogP) is 2.88. The Morgan fingerprint density at radius 3 is 2.32 bits per heavy atom. The average molecular weight is 380 g/mol. The normalized spacial score (nSPS) is 14.7. The molecule has 0 spiro atoms. The Kier molecular flexibility index (Phi) is 5.68. The van der Waals surface area contributed by atoms with E-state index in [1.165, 1.54) is 23.6 Å². The molecule has 0 atom stereocenters. The van der Waals surface area contributed by atoms with E-state index in [0.717, 1.165) is 13.1 Å². The topological polar surface area (TPSA) is 65.5 Å². The number of nitrogens with one attached hydrogen (secondary N) is 1. The van der Waals surface area contributed by atoms with Crippen molar-refractivity contribution in [3.8, 4) is 0 Å². The fourth-order valence-corrected chi connectivity index (χ4v) is 3.27. The second-order valence-electron chi connectivity index (χ2n) is 8.28. The van der Waals surface area contributed by atoms with Crippen LogP contribution in [0.25, 0.3) is 0 Å². The molecule has 2 heterocycles. The van der Waals surface area contributed by atoms with E-state index in [4.69, 9.17) is 0 Å². The van der Waals surface area contributed by atoms with Crippen LogP contribution >= 0.6 is 0 Å². The summed E-state index contributed by atoms with van der Waals surface area (Å²) in [4.78, 5) is 33.5. The van der Waals surface area contributed by atoms with Crippen LogP contribution in [0.2, 0.25) is 0 Å². The summed E-state index contributed by atoms with van der Waals surface area (Å²) in [5.41, 5.74) is 2.93. The molecule has 1 saturated heterocycles. The lowest BCUT2D eigenvalue weighted by molar-refractivity contribution is 0.0746. The van der Waals surface area contributed by atoms with Crippen molar-refractivity contribution in [1.82, 2.24) is 15.2 Å². The zero-order valence-electron chi connectivity index (χ0n) is 17.0. The Balaban J connectivity index is 1.65. The van der Waals surface area contributed by atoms with Gasteiger partial charge >= 0.3 is 0 Å². The third-order valence-corrected chi connectivity index (χ3v) is 4.67. The van der Waals surface area contributed by atoms with Crippen molar-refractivity contribution in [2.24, 2.45) is 0 Å². The van der Waals surface area contributed by atoms with Crippen molar-refractivity contribution in [2.75, 3.05) is 31.1 Å². The summed E-state index contributed by atoms with van der Waals surface area (Å²) in [5.74, 6) is -0.305. The molecule has 1 N–H and O–H groups in total. The van der Waals surface area contributed by atoms with Crippen LogP contribution in [0.1, 0.15) is 47.1 Å². The highest BCUT2D eigenvalue weighted by molar-refractivity contribution is 5.99. The number of aromatic nitrogens is 1. The summed E-state index contributed by atoms with van der Waals surface area (Å²) in [5, 5.41) is 2.90. The smallest absolute Gasteiger partial charge is 0.255 e. The van der Waals surface area contributed by atoms with Gasteiger partial charge in [0.05, 0.1) is 11.1 Å². The molecule has 1 aromatic heterocycles. The van der Waals surface area contributed by atoms with Crippen LogP contribution < -0.4 is 10.2 Å². The van der Waals surface area contributed by atoms with E-state index >= 15 is 0 Å². The van der Waals surface area contributed by atoms with Crippen LogP contribution in [-0.2, 0) is 0 Å². The Bertz CT molecular complexity index is 865. The molecular weight excluding hydrogens is 352 g/mol. The molecule has 1 aliphatic rings. The molecular formula is C22H28N4O2. The number of hydrogen-bond donors (Lipinski definition) is 1. The molecule has 6 heteroatoms. The second kappa shape index (κ2) is 8.00. The number of pyridine rings is 1. The van der Waals surface area contributed by atoms with Gasteiger partial charge in [-0.1, -0.05) is 12.1 Å². The number of nitrogens with zero attached hydrogens (tertiary/aromatic N) is 3. The minimum atomic E-state index is -0.344. The number of amides is 2. The van der Waals surface area contributed by atoms with Gasteiger partial charge in [-0.2, -0.15) is 0 Å². The monoisotopic (exact) mass is 380 g/mol. The number of rotatable bonds is 3. The molecule has 28 heavy (non-hydrogen) atoms. The van der Waals surface area contributed by atoms with Crippen molar-refractivity contribution in [1.29, 1.82) is 0 Å². The Morgan fingerprint density at radius 1 is 1.00 bits per heavy atom. The number of carbonyl (C=O) groups is 2. The van der Waals surface area contributed by atoms with E-state index in [2.05, 4.69) is 46.4 Å². The summed E-state index contributed by atoms with van der Waals surface area (Å²) in [6, 6.07) is 10.0. The second-order valence-corrected chi connectivity index (χ2v) is 8.28. The lowest BCUT2D eigenvalue weighted by atomic mass is 10.1. The van der Waals surface area contributed by atoms with Gasteiger partial charge in [0.1, 0.15) is 0 Å². The predicted molar refractivity (Wildman–Crippen MR) is 111 cm³/mol. The largest absolute Gasteiger partial charge is 0.368 e. The molecule has 0 bridgehead atoms. The molecule has 2 amide bonds. The van der Waals surface area contributed by atoms with Crippen molar-refractivity contribution in [3.63, 3.8) is 0 Å². The van der Waals surface area contributed by atoms with Gasteiger partial charge in [-0.25, -0.2) is 0 Å². The molecule has 6 nitrogen and oxygen atoms in total. The first kappa shape index (κ1) is 19.9. The minimum Gasteiger partial charge on any atom is -0.368 e. The number of anilines is 1. The van der Waals surface area contributed by atoms with E-state index < -0.39 is 0 Å². The highest BCUT2D eigenvalue weighted by atomic mass is 16.2. The van der Waals surface area contributed by atoms with E-state index in [1.54, 1.807) is 6.07 Å². The first-order valence-corrected chi connectivity index (χ1v) is 9.61. The summed E-state index contributed by atoms with van der Waals surface area (Å²) >= 11 is 0. The Labute approximate surface area is 166 Å². The fraction of sp³-hybridized carbons (Fsp3) is 0.409. The third kappa shape index (κ3) is 4.88. The molecule has 0 saturated carbocycles. The van der Waals surface area contributed by atoms with Gasteiger partial charge < -0.3 is 15.1 Å². The highest BCUT2D eigenvalue weighted by Gasteiger charge is 2.24. The van der Waals surface area contributed by atoms with Crippen molar-refractivity contribution < 1.29 is 9.59 Å². The summed E-state index contributed by atoms with van der Waals surface area (Å²) in [6.07, 6.45) is 3.02. The maximum atomic E-state index is 12.9. The van der Waals surface area contributed by atoms with E-state index in [0.29, 0.717) is 24.2 Å². The Morgan fingerprint density at radius 2 is 1.68 bits per heavy atom. The lowest BCUT2D eigenvalue weighted by Gasteiger charge is -2.36. The first-order chi connectivity index (χ1) is 13.2. The maximum Gasteiger partial charge on any atom is 0.255 e. The van der Waals surface area contributed by atoms with E-state index in [-0.39, 0.29) is 17.4 Å². The van der Waals surface area contributed by atoms with E-state index in [9.17, 15) is 9.59 Å². The minimum absolute atomic E-state index is 0.0817. The maximum absolute atomic E-state index is 12.9. The van der Waals surface area contributed by atoms with Crippen LogP contribution in [0.5, 0.6) is 0 Å². The molecule has 148 valence electrons. The average Bonchev–Trinajstić information content (AvgIpc) is 2.66. The molecule has 0 aliphatic carbocycles. The molecule has 1 aromatic carbocycles. The fourth-order valence-electron chi connectivity index (χ4n) is 3.27. The lowest BCUT2D eigenvalue weighted by Crippen LogP contribution is -2.48. The van der Waals surface area contributed by atoms with Crippen molar-refractivity contribution in [2.45, 2.75) is 33.2 Å². The van der Waals surface area contributed by atoms with Gasteiger partial charge in [0.25, 0.3) is 11.8 Å². The van der Waals surface area contributed by atoms with Crippen molar-refractivity contribution in [3.05, 3.63) is 59.4 Å². The van der Waals surface area contributed by atoms with Crippen LogP contribution in [0.4, 0.5) is 5.69 Å². The standard InChI is InChI=1S/C22H28N4O2/c1-16-6-5-7-19(12-16)25-8-10-26(11-9-25)21(28)18-13-17(14-23-15-18)20(27)24-22(2,3)4/h5-7,12-15H,8-11H2,1-4H3,(H,24,27).